The molecule has 1 atom stereocenters. The quantitative estimate of drug-likeness (QED) is 0.748. The lowest BCUT2D eigenvalue weighted by molar-refractivity contribution is 0.261. The number of hydrogen-bond acceptors (Lipinski definition) is 5. The zero-order valence-electron chi connectivity index (χ0n) is 8.68. The summed E-state index contributed by atoms with van der Waals surface area (Å²) in [7, 11) is 1.54. The summed E-state index contributed by atoms with van der Waals surface area (Å²) < 4.78 is 5.11. The first-order valence-corrected chi connectivity index (χ1v) is 5.03. The summed E-state index contributed by atoms with van der Waals surface area (Å²) in [5, 5.41) is 9.01. The van der Waals surface area contributed by atoms with Crippen LogP contribution in [-0.2, 0) is 0 Å². The average Bonchev–Trinajstić information content (AvgIpc) is 3.11. The molecule has 82 valence electrons. The molecule has 0 bridgehead atoms. The van der Waals surface area contributed by atoms with Gasteiger partial charge in [0.1, 0.15) is 11.5 Å². The molecule has 0 spiro atoms. The third kappa shape index (κ3) is 2.08. The SMILES string of the molecule is COc1cnc(C2CC2)nc1C(N)CO. The van der Waals surface area contributed by atoms with Crippen LogP contribution in [0.2, 0.25) is 0 Å². The third-order valence-electron chi connectivity index (χ3n) is 2.51. The molecule has 0 aliphatic heterocycles. The number of methoxy groups -OCH3 is 1. The molecule has 1 fully saturated rings. The summed E-state index contributed by atoms with van der Waals surface area (Å²) >= 11 is 0. The van der Waals surface area contributed by atoms with E-state index in [1.54, 1.807) is 13.3 Å². The molecule has 1 aliphatic rings. The van der Waals surface area contributed by atoms with Crippen LogP contribution in [-0.4, -0.2) is 28.8 Å². The Kier molecular flexibility index (Phi) is 2.83. The predicted octanol–water partition coefficient (Wildman–Crippen LogP) is 0.355. The highest BCUT2D eigenvalue weighted by Gasteiger charge is 2.28. The molecule has 3 N–H and O–H groups in total. The molecule has 1 aromatic heterocycles. The molecule has 0 radical (unpaired) electrons. The van der Waals surface area contributed by atoms with Crippen molar-refractivity contribution in [2.75, 3.05) is 13.7 Å². The van der Waals surface area contributed by atoms with E-state index in [9.17, 15) is 0 Å². The Balaban J connectivity index is 2.33. The van der Waals surface area contributed by atoms with Gasteiger partial charge >= 0.3 is 0 Å². The molecule has 5 heteroatoms. The van der Waals surface area contributed by atoms with E-state index in [-0.39, 0.29) is 6.61 Å². The molecule has 0 saturated heterocycles. The lowest BCUT2D eigenvalue weighted by Gasteiger charge is -2.12. The Hall–Kier alpha value is -1.20. The maximum atomic E-state index is 9.01. The van der Waals surface area contributed by atoms with Crippen LogP contribution in [0.1, 0.15) is 36.3 Å². The number of aromatic nitrogens is 2. The largest absolute Gasteiger partial charge is 0.493 e. The second kappa shape index (κ2) is 4.12. The van der Waals surface area contributed by atoms with Crippen LogP contribution in [0.3, 0.4) is 0 Å². The number of nitrogens with zero attached hydrogens (tertiary/aromatic N) is 2. The smallest absolute Gasteiger partial charge is 0.160 e. The van der Waals surface area contributed by atoms with Gasteiger partial charge in [-0.25, -0.2) is 9.97 Å². The van der Waals surface area contributed by atoms with Gasteiger partial charge in [0.2, 0.25) is 0 Å². The maximum absolute atomic E-state index is 9.01. The van der Waals surface area contributed by atoms with E-state index >= 15 is 0 Å². The van der Waals surface area contributed by atoms with Crippen LogP contribution >= 0.6 is 0 Å². The minimum Gasteiger partial charge on any atom is -0.493 e. The van der Waals surface area contributed by atoms with E-state index in [0.29, 0.717) is 17.4 Å². The number of hydrogen-bond donors (Lipinski definition) is 2. The van der Waals surface area contributed by atoms with Crippen molar-refractivity contribution in [1.29, 1.82) is 0 Å². The van der Waals surface area contributed by atoms with Gasteiger partial charge < -0.3 is 15.6 Å². The van der Waals surface area contributed by atoms with Gasteiger partial charge in [0.05, 0.1) is 26.0 Å². The highest BCUT2D eigenvalue weighted by Crippen LogP contribution is 2.38. The number of aliphatic hydroxyl groups is 1. The molecule has 1 aliphatic carbocycles. The van der Waals surface area contributed by atoms with Crippen molar-refractivity contribution in [1.82, 2.24) is 9.97 Å². The standard InChI is InChI=1S/C10H15N3O2/c1-15-8-4-12-10(6-2-3-6)13-9(8)7(11)5-14/h4,6-7,14H,2-3,5,11H2,1H3. The Morgan fingerprint density at radius 2 is 2.40 bits per heavy atom. The second-order valence-corrected chi connectivity index (χ2v) is 3.75. The van der Waals surface area contributed by atoms with Gasteiger partial charge in [0, 0.05) is 5.92 Å². The summed E-state index contributed by atoms with van der Waals surface area (Å²) in [4.78, 5) is 8.57. The van der Waals surface area contributed by atoms with Crippen LogP contribution in [0.4, 0.5) is 0 Å². The molecule has 1 heterocycles. The Morgan fingerprint density at radius 3 is 2.93 bits per heavy atom. The number of nitrogens with two attached hydrogens (primary N) is 1. The highest BCUT2D eigenvalue weighted by molar-refractivity contribution is 5.28. The minimum atomic E-state index is -0.500. The van der Waals surface area contributed by atoms with Gasteiger partial charge in [-0.3, -0.25) is 0 Å². The molecule has 0 amide bonds. The fourth-order valence-electron chi connectivity index (χ4n) is 1.45. The van der Waals surface area contributed by atoms with Crippen LogP contribution < -0.4 is 10.5 Å². The summed E-state index contributed by atoms with van der Waals surface area (Å²) in [5.74, 6) is 1.83. The van der Waals surface area contributed by atoms with Crippen LogP contribution in [0, 0.1) is 0 Å². The maximum Gasteiger partial charge on any atom is 0.160 e. The van der Waals surface area contributed by atoms with Gasteiger partial charge in [-0.2, -0.15) is 0 Å². The summed E-state index contributed by atoms with van der Waals surface area (Å²) in [6.45, 7) is -0.141. The van der Waals surface area contributed by atoms with E-state index in [1.165, 1.54) is 0 Å². The van der Waals surface area contributed by atoms with Crippen molar-refractivity contribution >= 4 is 0 Å². The monoisotopic (exact) mass is 209 g/mol. The molecule has 1 aromatic rings. The van der Waals surface area contributed by atoms with Crippen LogP contribution in [0.5, 0.6) is 5.75 Å². The number of aliphatic hydroxyl groups excluding tert-OH is 1. The first kappa shape index (κ1) is 10.3. The topological polar surface area (TPSA) is 81.3 Å². The number of rotatable bonds is 4. The summed E-state index contributed by atoms with van der Waals surface area (Å²) in [5.41, 5.74) is 6.33. The third-order valence-corrected chi connectivity index (χ3v) is 2.51. The van der Waals surface area contributed by atoms with Crippen LogP contribution in [0.25, 0.3) is 0 Å². The van der Waals surface area contributed by atoms with Crippen molar-refractivity contribution in [3.8, 4) is 5.75 Å². The van der Waals surface area contributed by atoms with Crippen molar-refractivity contribution in [2.24, 2.45) is 5.73 Å². The average molecular weight is 209 g/mol. The van der Waals surface area contributed by atoms with E-state index in [0.717, 1.165) is 18.7 Å². The van der Waals surface area contributed by atoms with E-state index in [4.69, 9.17) is 15.6 Å². The van der Waals surface area contributed by atoms with Crippen molar-refractivity contribution in [3.63, 3.8) is 0 Å². The molecular weight excluding hydrogens is 194 g/mol. The van der Waals surface area contributed by atoms with E-state index in [2.05, 4.69) is 9.97 Å². The lowest BCUT2D eigenvalue weighted by atomic mass is 10.2. The fraction of sp³-hybridized carbons (Fsp3) is 0.600. The normalized spacial score (nSPS) is 17.5. The summed E-state index contributed by atoms with van der Waals surface area (Å²) in [6, 6.07) is -0.500. The van der Waals surface area contributed by atoms with E-state index < -0.39 is 6.04 Å². The predicted molar refractivity (Wildman–Crippen MR) is 54.6 cm³/mol. The fourth-order valence-corrected chi connectivity index (χ4v) is 1.45. The zero-order chi connectivity index (χ0) is 10.8. The van der Waals surface area contributed by atoms with Crippen LogP contribution in [0.15, 0.2) is 6.20 Å². The summed E-state index contributed by atoms with van der Waals surface area (Å²) in [6.07, 6.45) is 3.91. The Labute approximate surface area is 88.3 Å². The van der Waals surface area contributed by atoms with E-state index in [1.807, 2.05) is 0 Å². The second-order valence-electron chi connectivity index (χ2n) is 3.75. The first-order chi connectivity index (χ1) is 7.26. The Morgan fingerprint density at radius 1 is 1.67 bits per heavy atom. The van der Waals surface area contributed by atoms with Crippen molar-refractivity contribution < 1.29 is 9.84 Å². The molecule has 1 unspecified atom stereocenters. The van der Waals surface area contributed by atoms with Gasteiger partial charge in [-0.1, -0.05) is 0 Å². The van der Waals surface area contributed by atoms with Gasteiger partial charge in [-0.15, -0.1) is 0 Å². The molecule has 2 rings (SSSR count). The molecular formula is C10H15N3O2. The van der Waals surface area contributed by atoms with Gasteiger partial charge in [-0.05, 0) is 12.8 Å². The molecule has 0 aromatic carbocycles. The molecule has 1 saturated carbocycles. The zero-order valence-corrected chi connectivity index (χ0v) is 8.68. The minimum absolute atomic E-state index is 0.141. The van der Waals surface area contributed by atoms with Gasteiger partial charge in [0.25, 0.3) is 0 Å². The first-order valence-electron chi connectivity index (χ1n) is 5.03. The number of ether oxygens (including phenoxy) is 1. The highest BCUT2D eigenvalue weighted by atomic mass is 16.5. The van der Waals surface area contributed by atoms with Crippen molar-refractivity contribution in [2.45, 2.75) is 24.8 Å². The molecule has 15 heavy (non-hydrogen) atoms. The van der Waals surface area contributed by atoms with Gasteiger partial charge in [0.15, 0.2) is 5.75 Å². The Bertz CT molecular complexity index is 353. The van der Waals surface area contributed by atoms with Crippen molar-refractivity contribution in [3.05, 3.63) is 17.7 Å². The lowest BCUT2D eigenvalue weighted by Crippen LogP contribution is -2.18. The molecule has 5 nitrogen and oxygen atoms in total.